The number of carbonyl (C=O) groups is 1. The largest absolute Gasteiger partial charge is 0.352 e. The van der Waals surface area contributed by atoms with Crippen molar-refractivity contribution in [3.8, 4) is 0 Å². The zero-order valence-electron chi connectivity index (χ0n) is 14.6. The molecule has 1 heterocycles. The maximum absolute atomic E-state index is 12.1. The van der Waals surface area contributed by atoms with Crippen molar-refractivity contribution in [1.29, 1.82) is 0 Å². The quantitative estimate of drug-likeness (QED) is 0.703. The zero-order valence-corrected chi connectivity index (χ0v) is 16.2. The summed E-state index contributed by atoms with van der Waals surface area (Å²) in [6.07, 6.45) is 5.23. The third-order valence-electron chi connectivity index (χ3n) is 3.94. The molecule has 1 saturated heterocycles. The summed E-state index contributed by atoms with van der Waals surface area (Å²) < 4.78 is 0. The van der Waals surface area contributed by atoms with Gasteiger partial charge in [-0.2, -0.15) is 0 Å². The Hall–Kier alpha value is -0.0300. The van der Waals surface area contributed by atoms with E-state index in [2.05, 4.69) is 43.5 Å². The van der Waals surface area contributed by atoms with Crippen molar-refractivity contribution in [2.45, 2.75) is 52.0 Å². The van der Waals surface area contributed by atoms with E-state index in [1.165, 1.54) is 12.8 Å². The molecule has 0 aromatic rings. The number of halogens is 2. The lowest BCUT2D eigenvalue weighted by molar-refractivity contribution is -0.122. The second kappa shape index (κ2) is 13.4. The fraction of sp³-hybridized carbons (Fsp3) is 0.938. The topological polar surface area (TPSA) is 44.4 Å². The monoisotopic (exact) mass is 355 g/mol. The highest BCUT2D eigenvalue weighted by atomic mass is 35.5. The lowest BCUT2D eigenvalue weighted by Crippen LogP contribution is -2.42. The highest BCUT2D eigenvalue weighted by molar-refractivity contribution is 5.85. The van der Waals surface area contributed by atoms with Gasteiger partial charge in [0.05, 0.1) is 0 Å². The van der Waals surface area contributed by atoms with Gasteiger partial charge in [-0.25, -0.2) is 0 Å². The van der Waals surface area contributed by atoms with Crippen molar-refractivity contribution in [2.24, 2.45) is 11.8 Å². The molecular weight excluding hydrogens is 321 g/mol. The average Bonchev–Trinajstić information content (AvgIpc) is 2.36. The highest BCUT2D eigenvalue weighted by Crippen LogP contribution is 2.17. The van der Waals surface area contributed by atoms with Gasteiger partial charge in [0.1, 0.15) is 0 Å². The standard InChI is InChI=1S/C16H33N3O.2ClH/c1-13(2)11-15(12-19(3)4)18-16(20)6-5-14-7-9-17-10-8-14;;/h13-15,17H,5-12H2,1-4H3,(H,18,20);2*1H. The minimum absolute atomic E-state index is 0. The van der Waals surface area contributed by atoms with Gasteiger partial charge in [0.25, 0.3) is 0 Å². The Morgan fingerprint density at radius 2 is 1.82 bits per heavy atom. The molecule has 0 aromatic carbocycles. The number of rotatable bonds is 8. The van der Waals surface area contributed by atoms with E-state index >= 15 is 0 Å². The van der Waals surface area contributed by atoms with E-state index in [0.29, 0.717) is 12.3 Å². The van der Waals surface area contributed by atoms with Gasteiger partial charge >= 0.3 is 0 Å². The number of hydrogen-bond donors (Lipinski definition) is 2. The Bertz CT molecular complexity index is 273. The SMILES string of the molecule is CC(C)CC(CN(C)C)NC(=O)CCC1CCNCC1.Cl.Cl. The highest BCUT2D eigenvalue weighted by Gasteiger charge is 2.17. The first-order valence-corrected chi connectivity index (χ1v) is 8.12. The number of piperidine rings is 1. The molecule has 2 N–H and O–H groups in total. The third-order valence-corrected chi connectivity index (χ3v) is 3.94. The van der Waals surface area contributed by atoms with Crippen LogP contribution in [0.1, 0.15) is 46.0 Å². The second-order valence-corrected chi connectivity index (χ2v) is 6.89. The molecular formula is C16H35Cl2N3O. The Balaban J connectivity index is 0. The summed E-state index contributed by atoms with van der Waals surface area (Å²) in [6.45, 7) is 7.58. The van der Waals surface area contributed by atoms with Gasteiger partial charge in [0.15, 0.2) is 0 Å². The molecule has 1 atom stereocenters. The molecule has 1 aliphatic rings. The Kier molecular flexibility index (Phi) is 14.8. The van der Waals surface area contributed by atoms with Crippen molar-refractivity contribution in [1.82, 2.24) is 15.5 Å². The smallest absolute Gasteiger partial charge is 0.220 e. The van der Waals surface area contributed by atoms with Crippen molar-refractivity contribution >= 4 is 30.7 Å². The summed E-state index contributed by atoms with van der Waals surface area (Å²) in [4.78, 5) is 14.3. The zero-order chi connectivity index (χ0) is 15.0. The molecule has 0 bridgehead atoms. The summed E-state index contributed by atoms with van der Waals surface area (Å²) in [6, 6.07) is 0.283. The van der Waals surface area contributed by atoms with Crippen LogP contribution in [0.3, 0.4) is 0 Å². The number of nitrogens with zero attached hydrogens (tertiary/aromatic N) is 1. The predicted molar refractivity (Wildman–Crippen MR) is 99.3 cm³/mol. The molecule has 134 valence electrons. The van der Waals surface area contributed by atoms with E-state index in [1.54, 1.807) is 0 Å². The van der Waals surface area contributed by atoms with E-state index in [9.17, 15) is 4.79 Å². The molecule has 0 spiro atoms. The van der Waals surface area contributed by atoms with Gasteiger partial charge in [0, 0.05) is 19.0 Å². The number of likely N-dealkylation sites (N-methyl/N-ethyl adjacent to an activating group) is 1. The Labute approximate surface area is 149 Å². The molecule has 0 aromatic heterocycles. The first kappa shape index (κ1) is 24.2. The van der Waals surface area contributed by atoms with E-state index in [0.717, 1.165) is 38.4 Å². The molecule has 4 nitrogen and oxygen atoms in total. The first-order valence-electron chi connectivity index (χ1n) is 8.12. The fourth-order valence-electron chi connectivity index (χ4n) is 2.99. The third kappa shape index (κ3) is 11.5. The second-order valence-electron chi connectivity index (χ2n) is 6.89. The lowest BCUT2D eigenvalue weighted by atomic mass is 9.93. The van der Waals surface area contributed by atoms with Crippen LogP contribution in [0, 0.1) is 11.8 Å². The minimum Gasteiger partial charge on any atom is -0.352 e. The molecule has 1 fully saturated rings. The molecule has 1 amide bonds. The van der Waals surface area contributed by atoms with Crippen molar-refractivity contribution in [3.63, 3.8) is 0 Å². The summed E-state index contributed by atoms with van der Waals surface area (Å²) >= 11 is 0. The van der Waals surface area contributed by atoms with Crippen LogP contribution < -0.4 is 10.6 Å². The van der Waals surface area contributed by atoms with Crippen LogP contribution in [0.25, 0.3) is 0 Å². The molecule has 1 aliphatic heterocycles. The van der Waals surface area contributed by atoms with Gasteiger partial charge in [-0.1, -0.05) is 13.8 Å². The van der Waals surface area contributed by atoms with Gasteiger partial charge in [-0.3, -0.25) is 4.79 Å². The summed E-state index contributed by atoms with van der Waals surface area (Å²) in [5.74, 6) is 1.58. The molecule has 0 saturated carbocycles. The minimum atomic E-state index is 0. The number of amides is 1. The van der Waals surface area contributed by atoms with E-state index < -0.39 is 0 Å². The predicted octanol–water partition coefficient (Wildman–Crippen LogP) is 2.70. The van der Waals surface area contributed by atoms with Crippen LogP contribution in [0.15, 0.2) is 0 Å². The molecule has 1 rings (SSSR count). The Morgan fingerprint density at radius 3 is 2.32 bits per heavy atom. The van der Waals surface area contributed by atoms with Gasteiger partial charge < -0.3 is 15.5 Å². The van der Waals surface area contributed by atoms with Crippen molar-refractivity contribution in [2.75, 3.05) is 33.7 Å². The maximum Gasteiger partial charge on any atom is 0.220 e. The molecule has 0 radical (unpaired) electrons. The van der Waals surface area contributed by atoms with Gasteiger partial charge in [-0.05, 0) is 64.7 Å². The van der Waals surface area contributed by atoms with Crippen LogP contribution in [0.5, 0.6) is 0 Å². The van der Waals surface area contributed by atoms with Crippen molar-refractivity contribution in [3.05, 3.63) is 0 Å². The molecule has 6 heteroatoms. The Morgan fingerprint density at radius 1 is 1.23 bits per heavy atom. The first-order chi connectivity index (χ1) is 9.47. The van der Waals surface area contributed by atoms with E-state index in [4.69, 9.17) is 0 Å². The lowest BCUT2D eigenvalue weighted by Gasteiger charge is -2.25. The van der Waals surface area contributed by atoms with E-state index in [-0.39, 0.29) is 36.8 Å². The van der Waals surface area contributed by atoms with Crippen LogP contribution in [-0.2, 0) is 4.79 Å². The fourth-order valence-corrected chi connectivity index (χ4v) is 2.99. The summed E-state index contributed by atoms with van der Waals surface area (Å²) in [5, 5.41) is 6.59. The van der Waals surface area contributed by atoms with Crippen LogP contribution >= 0.6 is 24.8 Å². The number of carbonyl (C=O) groups excluding carboxylic acids is 1. The summed E-state index contributed by atoms with van der Waals surface area (Å²) in [7, 11) is 4.13. The number of nitrogens with one attached hydrogen (secondary N) is 2. The van der Waals surface area contributed by atoms with Gasteiger partial charge in [0.2, 0.25) is 5.91 Å². The average molecular weight is 356 g/mol. The van der Waals surface area contributed by atoms with Crippen LogP contribution in [0.2, 0.25) is 0 Å². The van der Waals surface area contributed by atoms with E-state index in [1.807, 2.05) is 0 Å². The van der Waals surface area contributed by atoms with Crippen molar-refractivity contribution < 1.29 is 4.79 Å². The molecule has 1 unspecified atom stereocenters. The molecule has 0 aliphatic carbocycles. The maximum atomic E-state index is 12.1. The van der Waals surface area contributed by atoms with Gasteiger partial charge in [-0.15, -0.1) is 24.8 Å². The molecule has 22 heavy (non-hydrogen) atoms. The summed E-state index contributed by atoms with van der Waals surface area (Å²) in [5.41, 5.74) is 0. The van der Waals surface area contributed by atoms with Crippen LogP contribution in [-0.4, -0.2) is 50.6 Å². The van der Waals surface area contributed by atoms with Crippen LogP contribution in [0.4, 0.5) is 0 Å². The number of hydrogen-bond acceptors (Lipinski definition) is 3. The normalized spacial score (nSPS) is 16.8.